The van der Waals surface area contributed by atoms with Crippen molar-refractivity contribution in [2.24, 2.45) is 5.92 Å². The third-order valence-corrected chi connectivity index (χ3v) is 5.43. The van der Waals surface area contributed by atoms with Crippen LogP contribution in [0.4, 0.5) is 0 Å². The molecule has 1 atom stereocenters. The number of hydrogen-bond acceptors (Lipinski definition) is 5. The van der Waals surface area contributed by atoms with Gasteiger partial charge in [-0.25, -0.2) is 4.98 Å². The molecule has 148 valence electrons. The average molecular weight is 398 g/mol. The molecule has 0 bridgehead atoms. The van der Waals surface area contributed by atoms with Crippen molar-refractivity contribution in [1.82, 2.24) is 24.9 Å². The lowest BCUT2D eigenvalue weighted by molar-refractivity contribution is -0.119. The molecule has 1 aromatic carbocycles. The number of nitrogens with zero attached hydrogens (tertiary/aromatic N) is 4. The molecule has 0 saturated carbocycles. The summed E-state index contributed by atoms with van der Waals surface area (Å²) >= 11 is 1.37. The number of aromatic nitrogens is 4. The van der Waals surface area contributed by atoms with Gasteiger partial charge in [0.15, 0.2) is 5.16 Å². The predicted molar refractivity (Wildman–Crippen MR) is 113 cm³/mol. The van der Waals surface area contributed by atoms with E-state index in [1.807, 2.05) is 31.2 Å². The zero-order chi connectivity index (χ0) is 20.3. The second-order valence-corrected chi connectivity index (χ2v) is 8.52. The Balaban J connectivity index is 1.58. The first-order valence-corrected chi connectivity index (χ1v) is 10.5. The maximum Gasteiger partial charge on any atom is 0.256 e. The van der Waals surface area contributed by atoms with E-state index < -0.39 is 0 Å². The number of fused-ring (bicyclic) bond motifs is 1. The molecule has 0 radical (unpaired) electrons. The van der Waals surface area contributed by atoms with E-state index in [2.05, 4.69) is 58.6 Å². The van der Waals surface area contributed by atoms with Gasteiger partial charge in [0.25, 0.3) is 5.78 Å². The Morgan fingerprint density at radius 1 is 1.14 bits per heavy atom. The van der Waals surface area contributed by atoms with E-state index in [1.54, 1.807) is 0 Å². The minimum atomic E-state index is -0.0394. The SMILES string of the molecule is Cc1cc(C)n2c(SCC(=O)N[C@H](C)c3ccc(CC(C)C)cc3)nnc2n1. The Kier molecular flexibility index (Phi) is 6.34. The van der Waals surface area contributed by atoms with Crippen molar-refractivity contribution in [1.29, 1.82) is 0 Å². The van der Waals surface area contributed by atoms with Gasteiger partial charge in [-0.1, -0.05) is 49.9 Å². The van der Waals surface area contributed by atoms with Crippen molar-refractivity contribution >= 4 is 23.4 Å². The number of rotatable bonds is 7. The summed E-state index contributed by atoms with van der Waals surface area (Å²) in [5, 5.41) is 12.0. The van der Waals surface area contributed by atoms with Gasteiger partial charge in [0, 0.05) is 11.4 Å². The molecular formula is C21H27N5OS. The summed E-state index contributed by atoms with van der Waals surface area (Å²) in [5.41, 5.74) is 4.34. The van der Waals surface area contributed by atoms with Crippen molar-refractivity contribution in [2.45, 2.75) is 52.2 Å². The van der Waals surface area contributed by atoms with E-state index in [0.29, 0.717) is 16.9 Å². The van der Waals surface area contributed by atoms with Gasteiger partial charge in [0.1, 0.15) is 0 Å². The van der Waals surface area contributed by atoms with Crippen LogP contribution >= 0.6 is 11.8 Å². The smallest absolute Gasteiger partial charge is 0.256 e. The number of amides is 1. The molecule has 1 N–H and O–H groups in total. The molecule has 3 aromatic rings. The maximum atomic E-state index is 12.4. The van der Waals surface area contributed by atoms with Crippen molar-refractivity contribution < 1.29 is 4.79 Å². The Morgan fingerprint density at radius 2 is 1.86 bits per heavy atom. The van der Waals surface area contributed by atoms with Gasteiger partial charge in [-0.05, 0) is 50.3 Å². The first-order chi connectivity index (χ1) is 13.3. The van der Waals surface area contributed by atoms with Gasteiger partial charge in [-0.15, -0.1) is 10.2 Å². The Bertz CT molecular complexity index is 965. The van der Waals surface area contributed by atoms with Gasteiger partial charge in [0.05, 0.1) is 11.8 Å². The van der Waals surface area contributed by atoms with Crippen LogP contribution in [-0.2, 0) is 11.2 Å². The molecule has 6 nitrogen and oxygen atoms in total. The molecule has 0 aliphatic rings. The molecule has 0 spiro atoms. The maximum absolute atomic E-state index is 12.4. The second-order valence-electron chi connectivity index (χ2n) is 7.57. The second kappa shape index (κ2) is 8.73. The molecule has 0 aliphatic carbocycles. The van der Waals surface area contributed by atoms with E-state index in [4.69, 9.17) is 0 Å². The Hall–Kier alpha value is -2.41. The number of hydrogen-bond donors (Lipinski definition) is 1. The number of benzene rings is 1. The van der Waals surface area contributed by atoms with Crippen molar-refractivity contribution in [3.05, 3.63) is 52.8 Å². The van der Waals surface area contributed by atoms with E-state index in [-0.39, 0.29) is 17.7 Å². The van der Waals surface area contributed by atoms with Gasteiger partial charge in [-0.3, -0.25) is 9.20 Å². The number of nitrogens with one attached hydrogen (secondary N) is 1. The molecule has 1 amide bonds. The summed E-state index contributed by atoms with van der Waals surface area (Å²) in [6, 6.07) is 10.4. The lowest BCUT2D eigenvalue weighted by Crippen LogP contribution is -2.28. The number of thioether (sulfide) groups is 1. The van der Waals surface area contributed by atoms with E-state index in [1.165, 1.54) is 17.3 Å². The summed E-state index contributed by atoms with van der Waals surface area (Å²) in [7, 11) is 0. The number of carbonyl (C=O) groups excluding carboxylic acids is 1. The summed E-state index contributed by atoms with van der Waals surface area (Å²) < 4.78 is 1.88. The van der Waals surface area contributed by atoms with Gasteiger partial charge < -0.3 is 5.32 Å². The van der Waals surface area contributed by atoms with Gasteiger partial charge in [0.2, 0.25) is 5.91 Å². The molecule has 2 heterocycles. The average Bonchev–Trinajstić information content (AvgIpc) is 3.03. The molecule has 2 aromatic heterocycles. The molecule has 0 saturated heterocycles. The highest BCUT2D eigenvalue weighted by atomic mass is 32.2. The van der Waals surface area contributed by atoms with Gasteiger partial charge >= 0.3 is 0 Å². The molecule has 0 unspecified atom stereocenters. The van der Waals surface area contributed by atoms with Crippen LogP contribution in [-0.4, -0.2) is 31.2 Å². The summed E-state index contributed by atoms with van der Waals surface area (Å²) in [6.07, 6.45) is 1.07. The van der Waals surface area contributed by atoms with E-state index in [0.717, 1.165) is 23.4 Å². The zero-order valence-corrected chi connectivity index (χ0v) is 17.9. The highest BCUT2D eigenvalue weighted by Gasteiger charge is 2.14. The molecule has 3 rings (SSSR count). The van der Waals surface area contributed by atoms with Crippen molar-refractivity contribution in [2.75, 3.05) is 5.75 Å². The quantitative estimate of drug-likeness (QED) is 0.612. The number of carbonyl (C=O) groups is 1. The minimum absolute atomic E-state index is 0.0294. The van der Waals surface area contributed by atoms with E-state index >= 15 is 0 Å². The number of aryl methyl sites for hydroxylation is 2. The van der Waals surface area contributed by atoms with Gasteiger partial charge in [-0.2, -0.15) is 0 Å². The van der Waals surface area contributed by atoms with Crippen molar-refractivity contribution in [3.63, 3.8) is 0 Å². The first-order valence-electron chi connectivity index (χ1n) is 9.54. The summed E-state index contributed by atoms with van der Waals surface area (Å²) in [6.45, 7) is 10.3. The summed E-state index contributed by atoms with van der Waals surface area (Å²) in [4.78, 5) is 16.8. The van der Waals surface area contributed by atoms with Crippen LogP contribution < -0.4 is 5.32 Å². The molecular weight excluding hydrogens is 370 g/mol. The highest BCUT2D eigenvalue weighted by Crippen LogP contribution is 2.20. The topological polar surface area (TPSA) is 72.2 Å². The highest BCUT2D eigenvalue weighted by molar-refractivity contribution is 7.99. The fraction of sp³-hybridized carbons (Fsp3) is 0.429. The largest absolute Gasteiger partial charge is 0.349 e. The third-order valence-electron chi connectivity index (χ3n) is 4.50. The normalized spacial score (nSPS) is 12.5. The van der Waals surface area contributed by atoms with Crippen LogP contribution in [0, 0.1) is 19.8 Å². The molecule has 0 fully saturated rings. The first kappa shape index (κ1) is 20.3. The minimum Gasteiger partial charge on any atom is -0.349 e. The monoisotopic (exact) mass is 397 g/mol. The molecule has 0 aliphatic heterocycles. The fourth-order valence-corrected chi connectivity index (χ4v) is 4.00. The molecule has 28 heavy (non-hydrogen) atoms. The predicted octanol–water partition coefficient (Wildman–Crippen LogP) is 3.91. The van der Waals surface area contributed by atoms with E-state index in [9.17, 15) is 4.79 Å². The van der Waals surface area contributed by atoms with Crippen LogP contribution in [0.25, 0.3) is 5.78 Å². The molecule has 7 heteroatoms. The Morgan fingerprint density at radius 3 is 2.54 bits per heavy atom. The standard InChI is InChI=1S/C21H27N5OS/c1-13(2)10-17-6-8-18(9-7-17)16(5)23-19(27)12-28-21-25-24-20-22-14(3)11-15(4)26(20)21/h6-9,11,13,16H,10,12H2,1-5H3,(H,23,27)/t16-/m1/s1. The Labute approximate surface area is 170 Å². The van der Waals surface area contributed by atoms with Crippen LogP contribution in [0.2, 0.25) is 0 Å². The zero-order valence-electron chi connectivity index (χ0n) is 17.1. The lowest BCUT2D eigenvalue weighted by Gasteiger charge is -2.15. The van der Waals surface area contributed by atoms with Crippen LogP contribution in [0.5, 0.6) is 0 Å². The fourth-order valence-electron chi connectivity index (χ4n) is 3.20. The lowest BCUT2D eigenvalue weighted by atomic mass is 10.00. The third kappa shape index (κ3) is 4.90. The van der Waals surface area contributed by atoms with Crippen LogP contribution in [0.3, 0.4) is 0 Å². The van der Waals surface area contributed by atoms with Crippen molar-refractivity contribution in [3.8, 4) is 0 Å². The van der Waals surface area contributed by atoms with Crippen LogP contribution in [0.15, 0.2) is 35.5 Å². The van der Waals surface area contributed by atoms with Crippen LogP contribution in [0.1, 0.15) is 49.3 Å². The summed E-state index contributed by atoms with van der Waals surface area (Å²) in [5.74, 6) is 1.45.